The molecule has 3 heteroatoms. The van der Waals surface area contributed by atoms with E-state index in [0.717, 1.165) is 11.7 Å². The summed E-state index contributed by atoms with van der Waals surface area (Å²) < 4.78 is 0. The Balaban J connectivity index is 2.43. The summed E-state index contributed by atoms with van der Waals surface area (Å²) in [5.74, 6) is 0. The topological polar surface area (TPSA) is 20.2 Å². The van der Waals surface area contributed by atoms with Crippen molar-refractivity contribution in [2.75, 3.05) is 0 Å². The third kappa shape index (κ3) is 9.22. The molecule has 4 rings (SSSR count). The van der Waals surface area contributed by atoms with Gasteiger partial charge in [0.15, 0.2) is 0 Å². The summed E-state index contributed by atoms with van der Waals surface area (Å²) in [6.07, 6.45) is 1.02. The fourth-order valence-corrected chi connectivity index (χ4v) is 16.8. The van der Waals surface area contributed by atoms with Gasteiger partial charge in [0.1, 0.15) is 0 Å². The Morgan fingerprint density at radius 1 is 0.415 bits per heavy atom. The lowest BCUT2D eigenvalue weighted by molar-refractivity contribution is 0.282. The number of rotatable bonds is 5. The van der Waals surface area contributed by atoms with Gasteiger partial charge in [-0.2, -0.15) is 0 Å². The molecule has 0 fully saturated rings. The quantitative estimate of drug-likeness (QED) is 0.257. The maximum absolute atomic E-state index is 9.96. The lowest BCUT2D eigenvalue weighted by atomic mass is 9.72. The molecule has 1 heterocycles. The molecule has 0 radical (unpaired) electrons. The zero-order valence-corrected chi connectivity index (χ0v) is 39.7. The molecule has 0 atom stereocenters. The summed E-state index contributed by atoms with van der Waals surface area (Å²) in [5, 5.41) is 13.5. The highest BCUT2D eigenvalue weighted by molar-refractivity contribution is 8.15. The first-order valence-corrected chi connectivity index (χ1v) is 23.0. The zero-order valence-electron chi connectivity index (χ0n) is 37.9. The molecule has 0 saturated carbocycles. The third-order valence-corrected chi connectivity index (χ3v) is 18.3. The van der Waals surface area contributed by atoms with Crippen LogP contribution in [-0.2, 0) is 45.3 Å². The summed E-state index contributed by atoms with van der Waals surface area (Å²) in [4.78, 5) is 0. The molecule has 3 aromatic rings. The van der Waals surface area contributed by atoms with Crippen molar-refractivity contribution in [1.82, 2.24) is 0 Å². The summed E-state index contributed by atoms with van der Waals surface area (Å²) in [5.41, 5.74) is 14.4. The first kappa shape index (κ1) is 43.8. The fourth-order valence-electron chi connectivity index (χ4n) is 7.61. The molecule has 0 aliphatic carbocycles. The van der Waals surface area contributed by atoms with E-state index in [1.165, 1.54) is 38.9 Å². The Morgan fingerprint density at radius 3 is 0.925 bits per heavy atom. The van der Waals surface area contributed by atoms with E-state index in [1.54, 1.807) is 21.2 Å². The van der Waals surface area contributed by atoms with Gasteiger partial charge < -0.3 is 5.11 Å². The second-order valence-electron chi connectivity index (χ2n) is 23.1. The Kier molecular flexibility index (Phi) is 11.8. The average molecular weight is 755 g/mol. The van der Waals surface area contributed by atoms with Gasteiger partial charge in [0.25, 0.3) is 0 Å². The molecule has 0 spiro atoms. The van der Waals surface area contributed by atoms with Gasteiger partial charge in [0.2, 0.25) is 0 Å². The monoisotopic (exact) mass is 755 g/mol. The van der Waals surface area contributed by atoms with Gasteiger partial charge in [0.05, 0.1) is 6.61 Å². The molecule has 1 aliphatic rings. The van der Waals surface area contributed by atoms with E-state index < -0.39 is 15.1 Å². The van der Waals surface area contributed by atoms with Crippen LogP contribution in [0.15, 0.2) is 48.5 Å². The van der Waals surface area contributed by atoms with Gasteiger partial charge in [-0.25, -0.2) is 0 Å². The maximum atomic E-state index is 9.96. The number of aliphatic hydroxyl groups is 1. The molecule has 1 aliphatic heterocycles. The third-order valence-electron chi connectivity index (χ3n) is 10.8. The van der Waals surface area contributed by atoms with Crippen LogP contribution in [0, 0.1) is 0 Å². The van der Waals surface area contributed by atoms with Crippen molar-refractivity contribution in [3.05, 3.63) is 104 Å². The zero-order chi connectivity index (χ0) is 40.7. The number of aliphatic hydroxyl groups excluding tert-OH is 1. The molecular formula is C50H76OP2. The molecule has 3 aromatic carbocycles. The van der Waals surface area contributed by atoms with E-state index >= 15 is 0 Å². The molecule has 0 amide bonds. The number of hydrogen-bond donors (Lipinski definition) is 1. The standard InChI is InChI=1S/C50H76OP2/c1-44(2,3)34-26-36(46(7,8)9)40(37(27-34)47(10,11)12)42-52(31-33-24-22-32(30-51)23-25-33)43(53(42)50(19,20)21)41-38(48(13,14)15)28-35(45(4,5)6)29-39(41)49(16,17)18/h22-29,51H,30-31H2,1-21H3. The van der Waals surface area contributed by atoms with Crippen LogP contribution >= 0.6 is 15.1 Å². The molecule has 0 unspecified atom stereocenters. The molecule has 0 bridgehead atoms. The van der Waals surface area contributed by atoms with Crippen LogP contribution < -0.4 is 0 Å². The Morgan fingerprint density at radius 2 is 0.698 bits per heavy atom. The van der Waals surface area contributed by atoms with Crippen LogP contribution in [0.25, 0.3) is 0 Å². The molecule has 1 nitrogen and oxygen atoms in total. The first-order chi connectivity index (χ1) is 23.7. The first-order valence-electron chi connectivity index (χ1n) is 20.1. The van der Waals surface area contributed by atoms with Crippen LogP contribution in [0.4, 0.5) is 0 Å². The summed E-state index contributed by atoms with van der Waals surface area (Å²) >= 11 is 0. The predicted molar refractivity (Wildman–Crippen MR) is 243 cm³/mol. The van der Waals surface area contributed by atoms with Crippen LogP contribution in [0.1, 0.15) is 201 Å². The van der Waals surface area contributed by atoms with Gasteiger partial charge in [-0.3, -0.25) is 0 Å². The van der Waals surface area contributed by atoms with E-state index in [4.69, 9.17) is 0 Å². The molecule has 53 heavy (non-hydrogen) atoms. The minimum Gasteiger partial charge on any atom is -0.392 e. The number of hydrogen-bond acceptors (Lipinski definition) is 1. The van der Waals surface area contributed by atoms with E-state index in [-0.39, 0.29) is 44.3 Å². The van der Waals surface area contributed by atoms with Crippen LogP contribution in [0.3, 0.4) is 0 Å². The highest BCUT2D eigenvalue weighted by Gasteiger charge is 2.46. The van der Waals surface area contributed by atoms with Crippen LogP contribution in [0.2, 0.25) is 0 Å². The maximum Gasteiger partial charge on any atom is 0.0681 e. The van der Waals surface area contributed by atoms with Crippen molar-refractivity contribution in [3.8, 4) is 0 Å². The van der Waals surface area contributed by atoms with Crippen LogP contribution in [0.5, 0.6) is 0 Å². The number of benzene rings is 3. The fraction of sp³-hybridized carbons (Fsp3) is 0.600. The largest absolute Gasteiger partial charge is 0.392 e. The summed E-state index contributed by atoms with van der Waals surface area (Å²) in [6.45, 7) is 51.1. The van der Waals surface area contributed by atoms with E-state index in [0.29, 0.717) is 0 Å². The highest BCUT2D eigenvalue weighted by Crippen LogP contribution is 2.70. The van der Waals surface area contributed by atoms with Crippen molar-refractivity contribution in [3.63, 3.8) is 0 Å². The van der Waals surface area contributed by atoms with Crippen molar-refractivity contribution < 1.29 is 5.11 Å². The van der Waals surface area contributed by atoms with Crippen LogP contribution in [-0.4, -0.2) is 20.3 Å². The average Bonchev–Trinajstić information content (AvgIpc) is 2.95. The normalized spacial score (nSPS) is 17.4. The minimum atomic E-state index is -0.700. The second-order valence-corrected chi connectivity index (χ2v) is 28.8. The van der Waals surface area contributed by atoms with Gasteiger partial charge in [-0.05, 0) is 101 Å². The van der Waals surface area contributed by atoms with Crippen molar-refractivity contribution >= 4 is 25.2 Å². The van der Waals surface area contributed by atoms with Crippen molar-refractivity contribution in [2.45, 2.75) is 196 Å². The van der Waals surface area contributed by atoms with Gasteiger partial charge in [-0.15, -0.1) is 7.17 Å². The SMILES string of the molecule is CC(C)(C)c1cc(C(C)(C)C)c(C2=P(Cc3ccc(CO)cc3)=C(c3c(C(C)(C)C)cc(C(C)(C)C)cc3C(C)(C)C)P2C(C)(C)C)c(C(C)(C)C)c1. The van der Waals surface area contributed by atoms with E-state index in [2.05, 4.69) is 194 Å². The Bertz CT molecular complexity index is 1750. The summed E-state index contributed by atoms with van der Waals surface area (Å²) in [6, 6.07) is 19.2. The molecule has 0 saturated heterocycles. The van der Waals surface area contributed by atoms with Crippen molar-refractivity contribution in [2.24, 2.45) is 0 Å². The molecule has 1 N–H and O–H groups in total. The Labute approximate surface area is 329 Å². The van der Waals surface area contributed by atoms with E-state index in [9.17, 15) is 5.11 Å². The van der Waals surface area contributed by atoms with Gasteiger partial charge in [-0.1, -0.05) is 194 Å². The summed E-state index contributed by atoms with van der Waals surface area (Å²) in [7, 11) is -1.37. The Hall–Kier alpha value is -1.91. The van der Waals surface area contributed by atoms with Gasteiger partial charge in [0, 0.05) is 16.2 Å². The van der Waals surface area contributed by atoms with E-state index in [1.807, 2.05) is 0 Å². The second kappa shape index (κ2) is 14.2. The molecular weight excluding hydrogens is 678 g/mol. The predicted octanol–water partition coefficient (Wildman–Crippen LogP) is 14.6. The van der Waals surface area contributed by atoms with Gasteiger partial charge >= 0.3 is 0 Å². The van der Waals surface area contributed by atoms with Crippen molar-refractivity contribution in [1.29, 1.82) is 0 Å². The molecule has 292 valence electrons. The smallest absolute Gasteiger partial charge is 0.0681 e. The minimum absolute atomic E-state index is 0.0243. The lowest BCUT2D eigenvalue weighted by Crippen LogP contribution is -2.35. The lowest BCUT2D eigenvalue weighted by Gasteiger charge is -2.48. The molecule has 0 aromatic heterocycles. The highest BCUT2D eigenvalue weighted by atomic mass is 31.2.